The molecular formula is C21H23N3O. The predicted octanol–water partition coefficient (Wildman–Crippen LogP) is 3.83. The van der Waals surface area contributed by atoms with Crippen molar-refractivity contribution in [2.45, 2.75) is 26.2 Å². The third-order valence-electron chi connectivity index (χ3n) is 3.90. The summed E-state index contributed by atoms with van der Waals surface area (Å²) >= 11 is 0. The molecule has 0 saturated carbocycles. The topological polar surface area (TPSA) is 38.2 Å². The fourth-order valence-electron chi connectivity index (χ4n) is 2.80. The third-order valence-corrected chi connectivity index (χ3v) is 3.90. The predicted molar refractivity (Wildman–Crippen MR) is 98.6 cm³/mol. The Bertz CT molecular complexity index is 721. The van der Waals surface area contributed by atoms with Crippen LogP contribution in [-0.2, 0) is 31.0 Å². The lowest BCUT2D eigenvalue weighted by Crippen LogP contribution is -2.23. The van der Waals surface area contributed by atoms with Gasteiger partial charge in [-0.15, -0.1) is 0 Å². The summed E-state index contributed by atoms with van der Waals surface area (Å²) in [7, 11) is 1.69. The maximum absolute atomic E-state index is 5.19. The second-order valence-corrected chi connectivity index (χ2v) is 6.01. The van der Waals surface area contributed by atoms with Crippen LogP contribution in [0.25, 0.3) is 0 Å². The van der Waals surface area contributed by atoms with Gasteiger partial charge in [-0.25, -0.2) is 0 Å². The summed E-state index contributed by atoms with van der Waals surface area (Å²) in [4.78, 5) is 11.5. The maximum atomic E-state index is 5.19. The number of benzene rings is 1. The van der Waals surface area contributed by atoms with Crippen LogP contribution >= 0.6 is 0 Å². The molecule has 0 bridgehead atoms. The molecule has 2 heterocycles. The highest BCUT2D eigenvalue weighted by molar-refractivity contribution is 5.16. The Hall–Kier alpha value is -2.56. The minimum atomic E-state index is 0.534. The van der Waals surface area contributed by atoms with Crippen molar-refractivity contribution in [3.63, 3.8) is 0 Å². The van der Waals surface area contributed by atoms with Crippen molar-refractivity contribution in [3.05, 3.63) is 95.6 Å². The first kappa shape index (κ1) is 17.3. The minimum Gasteiger partial charge on any atom is -0.378 e. The van der Waals surface area contributed by atoms with Gasteiger partial charge in [-0.1, -0.05) is 42.5 Å². The molecule has 0 spiro atoms. The van der Waals surface area contributed by atoms with Gasteiger partial charge in [-0.05, 0) is 29.8 Å². The molecule has 3 rings (SSSR count). The quantitative estimate of drug-likeness (QED) is 0.628. The first-order chi connectivity index (χ1) is 12.3. The van der Waals surface area contributed by atoms with Crippen molar-refractivity contribution in [1.82, 2.24) is 14.9 Å². The highest BCUT2D eigenvalue weighted by Gasteiger charge is 2.10. The molecule has 4 heteroatoms. The van der Waals surface area contributed by atoms with E-state index in [1.165, 1.54) is 5.56 Å². The van der Waals surface area contributed by atoms with Crippen LogP contribution in [-0.4, -0.2) is 22.0 Å². The third kappa shape index (κ3) is 5.48. The Morgan fingerprint density at radius 2 is 1.48 bits per heavy atom. The fourth-order valence-corrected chi connectivity index (χ4v) is 2.80. The Labute approximate surface area is 149 Å². The van der Waals surface area contributed by atoms with Gasteiger partial charge in [0.15, 0.2) is 0 Å². The number of ether oxygens (including phenoxy) is 1. The monoisotopic (exact) mass is 333 g/mol. The molecule has 0 aliphatic carbocycles. The van der Waals surface area contributed by atoms with Crippen molar-refractivity contribution >= 4 is 0 Å². The lowest BCUT2D eigenvalue weighted by atomic mass is 10.2. The van der Waals surface area contributed by atoms with Gasteiger partial charge in [0, 0.05) is 32.9 Å². The van der Waals surface area contributed by atoms with Crippen LogP contribution in [0.2, 0.25) is 0 Å². The maximum Gasteiger partial charge on any atom is 0.0884 e. The summed E-state index contributed by atoms with van der Waals surface area (Å²) in [6.07, 6.45) is 1.84. The highest BCUT2D eigenvalue weighted by Crippen LogP contribution is 2.13. The van der Waals surface area contributed by atoms with Gasteiger partial charge in [-0.2, -0.15) is 0 Å². The molecule has 0 unspecified atom stereocenters. The summed E-state index contributed by atoms with van der Waals surface area (Å²) in [6.45, 7) is 2.94. The van der Waals surface area contributed by atoms with Gasteiger partial charge in [-0.3, -0.25) is 14.9 Å². The number of hydrogen-bond donors (Lipinski definition) is 0. The van der Waals surface area contributed by atoms with E-state index in [9.17, 15) is 0 Å². The summed E-state index contributed by atoms with van der Waals surface area (Å²) < 4.78 is 5.19. The molecule has 0 atom stereocenters. The van der Waals surface area contributed by atoms with Crippen molar-refractivity contribution in [1.29, 1.82) is 0 Å². The zero-order valence-electron chi connectivity index (χ0n) is 14.5. The SMILES string of the molecule is COCc1cccc(CN(Cc2ccccc2)Cc2ccccn2)n1. The largest absolute Gasteiger partial charge is 0.378 e. The molecule has 25 heavy (non-hydrogen) atoms. The molecule has 0 aliphatic heterocycles. The van der Waals surface area contributed by atoms with Gasteiger partial charge in [0.05, 0.1) is 23.7 Å². The van der Waals surface area contributed by atoms with Crippen LogP contribution < -0.4 is 0 Å². The van der Waals surface area contributed by atoms with Crippen LogP contribution in [0.5, 0.6) is 0 Å². The number of rotatable bonds is 8. The Balaban J connectivity index is 1.76. The molecule has 0 amide bonds. The average molecular weight is 333 g/mol. The lowest BCUT2D eigenvalue weighted by Gasteiger charge is -2.22. The molecule has 4 nitrogen and oxygen atoms in total. The minimum absolute atomic E-state index is 0.534. The molecule has 2 aromatic heterocycles. The van der Waals surface area contributed by atoms with Gasteiger partial charge >= 0.3 is 0 Å². The number of nitrogens with zero attached hydrogens (tertiary/aromatic N) is 3. The number of pyridine rings is 2. The standard InChI is InChI=1S/C21H23N3O/c1-25-17-21-12-7-11-20(23-21)16-24(14-18-8-3-2-4-9-18)15-19-10-5-6-13-22-19/h2-13H,14-17H2,1H3. The Morgan fingerprint density at radius 1 is 0.760 bits per heavy atom. The number of hydrogen-bond acceptors (Lipinski definition) is 4. The van der Waals surface area contributed by atoms with E-state index in [0.717, 1.165) is 36.7 Å². The van der Waals surface area contributed by atoms with E-state index in [0.29, 0.717) is 6.61 Å². The van der Waals surface area contributed by atoms with Crippen LogP contribution in [0.4, 0.5) is 0 Å². The molecule has 1 aromatic carbocycles. The summed E-state index contributed by atoms with van der Waals surface area (Å²) in [6, 6.07) is 22.6. The van der Waals surface area contributed by atoms with E-state index in [-0.39, 0.29) is 0 Å². The molecule has 128 valence electrons. The lowest BCUT2D eigenvalue weighted by molar-refractivity contribution is 0.180. The van der Waals surface area contributed by atoms with E-state index < -0.39 is 0 Å². The zero-order chi connectivity index (χ0) is 17.3. The van der Waals surface area contributed by atoms with Crippen molar-refractivity contribution in [3.8, 4) is 0 Å². The summed E-state index contributed by atoms with van der Waals surface area (Å²) in [5.74, 6) is 0. The van der Waals surface area contributed by atoms with E-state index >= 15 is 0 Å². The summed E-state index contributed by atoms with van der Waals surface area (Å²) in [5, 5.41) is 0. The van der Waals surface area contributed by atoms with Gasteiger partial charge < -0.3 is 4.74 Å². The first-order valence-electron chi connectivity index (χ1n) is 8.43. The zero-order valence-corrected chi connectivity index (χ0v) is 14.5. The van der Waals surface area contributed by atoms with Crippen LogP contribution in [0.1, 0.15) is 22.6 Å². The normalized spacial score (nSPS) is 11.0. The smallest absolute Gasteiger partial charge is 0.0884 e. The van der Waals surface area contributed by atoms with Crippen LogP contribution in [0, 0.1) is 0 Å². The molecule has 0 N–H and O–H groups in total. The molecule has 0 fully saturated rings. The average Bonchev–Trinajstić information content (AvgIpc) is 2.64. The van der Waals surface area contributed by atoms with Crippen molar-refractivity contribution in [2.24, 2.45) is 0 Å². The fraction of sp³-hybridized carbons (Fsp3) is 0.238. The molecule has 0 saturated heterocycles. The van der Waals surface area contributed by atoms with Crippen molar-refractivity contribution in [2.75, 3.05) is 7.11 Å². The van der Waals surface area contributed by atoms with Gasteiger partial charge in [0.1, 0.15) is 0 Å². The molecule has 0 aliphatic rings. The Morgan fingerprint density at radius 3 is 2.24 bits per heavy atom. The van der Waals surface area contributed by atoms with Crippen LogP contribution in [0.15, 0.2) is 72.9 Å². The van der Waals surface area contributed by atoms with Crippen molar-refractivity contribution < 1.29 is 4.74 Å². The Kier molecular flexibility index (Phi) is 6.26. The van der Waals surface area contributed by atoms with Crippen LogP contribution in [0.3, 0.4) is 0 Å². The molecule has 3 aromatic rings. The second-order valence-electron chi connectivity index (χ2n) is 6.01. The van der Waals surface area contributed by atoms with E-state index in [4.69, 9.17) is 9.72 Å². The van der Waals surface area contributed by atoms with E-state index in [1.54, 1.807) is 7.11 Å². The van der Waals surface area contributed by atoms with E-state index in [2.05, 4.69) is 46.3 Å². The van der Waals surface area contributed by atoms with E-state index in [1.807, 2.05) is 36.5 Å². The first-order valence-corrected chi connectivity index (χ1v) is 8.43. The number of methoxy groups -OCH3 is 1. The molecular weight excluding hydrogens is 310 g/mol. The summed E-state index contributed by atoms with van der Waals surface area (Å²) in [5.41, 5.74) is 4.34. The van der Waals surface area contributed by atoms with Gasteiger partial charge in [0.2, 0.25) is 0 Å². The second kappa shape index (κ2) is 9.06. The highest BCUT2D eigenvalue weighted by atomic mass is 16.5. The molecule has 0 radical (unpaired) electrons. The number of aromatic nitrogens is 2. The van der Waals surface area contributed by atoms with Gasteiger partial charge in [0.25, 0.3) is 0 Å².